The van der Waals surface area contributed by atoms with Crippen LogP contribution < -0.4 is 10.2 Å². The number of nitrogens with one attached hydrogen (secondary N) is 1. The van der Waals surface area contributed by atoms with E-state index >= 15 is 0 Å². The molecule has 6 heteroatoms. The molecule has 0 atom stereocenters. The van der Waals surface area contributed by atoms with Crippen molar-refractivity contribution in [3.8, 4) is 0 Å². The van der Waals surface area contributed by atoms with Gasteiger partial charge in [-0.05, 0) is 19.5 Å². The van der Waals surface area contributed by atoms with Gasteiger partial charge in [-0.25, -0.2) is 4.98 Å². The molecule has 1 fully saturated rings. The predicted octanol–water partition coefficient (Wildman–Crippen LogP) is 0.677. The van der Waals surface area contributed by atoms with Crippen LogP contribution >= 0.6 is 0 Å². The topological polar surface area (TPSA) is 53.5 Å². The largest absolute Gasteiger partial charge is 0.385 e. The first kappa shape index (κ1) is 14.0. The second-order valence-electron chi connectivity index (χ2n) is 4.81. The van der Waals surface area contributed by atoms with Crippen LogP contribution in [0.2, 0.25) is 0 Å². The Morgan fingerprint density at radius 1 is 1.32 bits per heavy atom. The van der Waals surface area contributed by atoms with Gasteiger partial charge in [0.1, 0.15) is 5.82 Å². The molecular weight excluding hydrogens is 242 g/mol. The van der Waals surface area contributed by atoms with E-state index in [2.05, 4.69) is 32.1 Å². The minimum Gasteiger partial charge on any atom is -0.385 e. The van der Waals surface area contributed by atoms with E-state index in [1.165, 1.54) is 0 Å². The van der Waals surface area contributed by atoms with Crippen molar-refractivity contribution in [1.82, 2.24) is 14.9 Å². The van der Waals surface area contributed by atoms with Crippen molar-refractivity contribution in [2.45, 2.75) is 6.42 Å². The first-order chi connectivity index (χ1) is 9.29. The van der Waals surface area contributed by atoms with Crippen LogP contribution in [0.25, 0.3) is 0 Å². The van der Waals surface area contributed by atoms with Gasteiger partial charge in [0.05, 0.1) is 0 Å². The zero-order valence-corrected chi connectivity index (χ0v) is 11.8. The maximum atomic E-state index is 5.02. The first-order valence-corrected chi connectivity index (χ1v) is 6.79. The fourth-order valence-electron chi connectivity index (χ4n) is 2.04. The highest BCUT2D eigenvalue weighted by atomic mass is 16.5. The summed E-state index contributed by atoms with van der Waals surface area (Å²) in [4.78, 5) is 13.5. The van der Waals surface area contributed by atoms with Gasteiger partial charge in [0.25, 0.3) is 0 Å². The molecule has 1 saturated heterocycles. The molecule has 0 amide bonds. The third kappa shape index (κ3) is 4.33. The Kier molecular flexibility index (Phi) is 5.35. The van der Waals surface area contributed by atoms with Crippen molar-refractivity contribution in [2.24, 2.45) is 0 Å². The molecule has 1 aromatic heterocycles. The monoisotopic (exact) mass is 265 g/mol. The Hall–Kier alpha value is -1.40. The summed E-state index contributed by atoms with van der Waals surface area (Å²) in [6.45, 7) is 5.74. The molecule has 2 heterocycles. The van der Waals surface area contributed by atoms with Gasteiger partial charge in [0.2, 0.25) is 5.95 Å². The summed E-state index contributed by atoms with van der Waals surface area (Å²) < 4.78 is 5.02. The Labute approximate surface area is 114 Å². The summed E-state index contributed by atoms with van der Waals surface area (Å²) in [7, 11) is 3.86. The van der Waals surface area contributed by atoms with Gasteiger partial charge in [-0.1, -0.05) is 0 Å². The maximum Gasteiger partial charge on any atom is 0.227 e. The highest BCUT2D eigenvalue weighted by molar-refractivity contribution is 5.41. The normalized spacial score (nSPS) is 16.6. The molecule has 0 spiro atoms. The number of hydrogen-bond acceptors (Lipinski definition) is 6. The summed E-state index contributed by atoms with van der Waals surface area (Å²) >= 11 is 0. The number of nitrogens with zero attached hydrogens (tertiary/aromatic N) is 4. The fraction of sp³-hybridized carbons (Fsp3) is 0.692. The summed E-state index contributed by atoms with van der Waals surface area (Å²) in [6.07, 6.45) is 2.80. The number of aromatic nitrogens is 2. The van der Waals surface area contributed by atoms with Crippen molar-refractivity contribution in [3.63, 3.8) is 0 Å². The standard InChI is InChI=1S/C13H23N5O/c1-17-7-9-18(10-8-17)13-15-6-4-12(16-13)14-5-3-11-19-2/h4,6H,3,5,7-11H2,1-2H3,(H,14,15,16). The van der Waals surface area contributed by atoms with Gasteiger partial charge < -0.3 is 19.9 Å². The van der Waals surface area contributed by atoms with Gasteiger partial charge in [-0.2, -0.15) is 4.98 Å². The molecule has 0 saturated carbocycles. The fourth-order valence-corrected chi connectivity index (χ4v) is 2.04. The van der Waals surface area contributed by atoms with E-state index in [-0.39, 0.29) is 0 Å². The minimum absolute atomic E-state index is 0.767. The molecule has 19 heavy (non-hydrogen) atoms. The molecule has 0 unspecified atom stereocenters. The van der Waals surface area contributed by atoms with Gasteiger partial charge in [-0.3, -0.25) is 0 Å². The molecule has 1 aromatic rings. The van der Waals surface area contributed by atoms with Crippen molar-refractivity contribution >= 4 is 11.8 Å². The summed E-state index contributed by atoms with van der Waals surface area (Å²) in [5.74, 6) is 1.71. The highest BCUT2D eigenvalue weighted by Gasteiger charge is 2.16. The lowest BCUT2D eigenvalue weighted by Crippen LogP contribution is -2.45. The van der Waals surface area contributed by atoms with Crippen LogP contribution in [0.4, 0.5) is 11.8 Å². The van der Waals surface area contributed by atoms with Crippen molar-refractivity contribution < 1.29 is 4.74 Å². The number of rotatable bonds is 6. The van der Waals surface area contributed by atoms with Crippen LogP contribution in [0.3, 0.4) is 0 Å². The Bertz CT molecular complexity index is 379. The van der Waals surface area contributed by atoms with E-state index in [9.17, 15) is 0 Å². The lowest BCUT2D eigenvalue weighted by atomic mass is 10.3. The number of methoxy groups -OCH3 is 1. The average molecular weight is 265 g/mol. The SMILES string of the molecule is COCCCNc1ccnc(N2CCN(C)CC2)n1. The summed E-state index contributed by atoms with van der Waals surface area (Å²) in [6, 6.07) is 1.91. The van der Waals surface area contributed by atoms with Crippen molar-refractivity contribution in [1.29, 1.82) is 0 Å². The Morgan fingerprint density at radius 3 is 2.84 bits per heavy atom. The van der Waals surface area contributed by atoms with Crippen LogP contribution in [-0.2, 0) is 4.74 Å². The maximum absolute atomic E-state index is 5.02. The Balaban J connectivity index is 1.87. The van der Waals surface area contributed by atoms with Crippen LogP contribution in [0.15, 0.2) is 12.3 Å². The zero-order chi connectivity index (χ0) is 13.5. The smallest absolute Gasteiger partial charge is 0.227 e. The molecule has 1 aliphatic heterocycles. The molecule has 0 aliphatic carbocycles. The molecule has 0 radical (unpaired) electrons. The minimum atomic E-state index is 0.767. The number of hydrogen-bond donors (Lipinski definition) is 1. The average Bonchev–Trinajstić information content (AvgIpc) is 2.45. The van der Waals surface area contributed by atoms with E-state index < -0.39 is 0 Å². The second kappa shape index (κ2) is 7.25. The number of piperazine rings is 1. The van der Waals surface area contributed by atoms with Gasteiger partial charge in [-0.15, -0.1) is 0 Å². The number of anilines is 2. The van der Waals surface area contributed by atoms with Crippen LogP contribution in [0.1, 0.15) is 6.42 Å². The van der Waals surface area contributed by atoms with Crippen molar-refractivity contribution in [2.75, 3.05) is 63.7 Å². The van der Waals surface area contributed by atoms with Gasteiger partial charge in [0, 0.05) is 52.6 Å². The molecule has 2 rings (SSSR count). The highest BCUT2D eigenvalue weighted by Crippen LogP contribution is 2.12. The summed E-state index contributed by atoms with van der Waals surface area (Å²) in [5.41, 5.74) is 0. The van der Waals surface area contributed by atoms with Crippen LogP contribution in [0.5, 0.6) is 0 Å². The van der Waals surface area contributed by atoms with Gasteiger partial charge >= 0.3 is 0 Å². The molecule has 106 valence electrons. The van der Waals surface area contributed by atoms with Crippen LogP contribution in [0, 0.1) is 0 Å². The van der Waals surface area contributed by atoms with Crippen LogP contribution in [-0.4, -0.2) is 68.4 Å². The lowest BCUT2D eigenvalue weighted by molar-refractivity contribution is 0.198. The molecule has 0 aromatic carbocycles. The lowest BCUT2D eigenvalue weighted by Gasteiger charge is -2.32. The Morgan fingerprint density at radius 2 is 2.11 bits per heavy atom. The third-order valence-electron chi connectivity index (χ3n) is 3.26. The van der Waals surface area contributed by atoms with E-state index in [4.69, 9.17) is 4.74 Å². The van der Waals surface area contributed by atoms with E-state index in [0.717, 1.165) is 57.5 Å². The second-order valence-corrected chi connectivity index (χ2v) is 4.81. The number of ether oxygens (including phenoxy) is 1. The first-order valence-electron chi connectivity index (χ1n) is 6.79. The van der Waals surface area contributed by atoms with E-state index in [1.54, 1.807) is 7.11 Å². The molecular formula is C13H23N5O. The molecule has 6 nitrogen and oxygen atoms in total. The molecule has 0 bridgehead atoms. The van der Waals surface area contributed by atoms with Crippen molar-refractivity contribution in [3.05, 3.63) is 12.3 Å². The molecule has 1 N–H and O–H groups in total. The third-order valence-corrected chi connectivity index (χ3v) is 3.26. The van der Waals surface area contributed by atoms with Gasteiger partial charge in [0.15, 0.2) is 0 Å². The summed E-state index contributed by atoms with van der Waals surface area (Å²) in [5, 5.41) is 3.30. The number of likely N-dealkylation sites (N-methyl/N-ethyl adjacent to an activating group) is 1. The quantitative estimate of drug-likeness (QED) is 0.763. The van der Waals surface area contributed by atoms with E-state index in [1.807, 2.05) is 12.3 Å². The van der Waals surface area contributed by atoms with E-state index in [0.29, 0.717) is 0 Å². The zero-order valence-electron chi connectivity index (χ0n) is 11.8. The molecule has 1 aliphatic rings. The predicted molar refractivity (Wildman–Crippen MR) is 76.7 cm³/mol.